The summed E-state index contributed by atoms with van der Waals surface area (Å²) in [5.74, 6) is -2.42. The van der Waals surface area contributed by atoms with Gasteiger partial charge in [-0.05, 0) is 38.0 Å². The van der Waals surface area contributed by atoms with Crippen molar-refractivity contribution in [2.24, 2.45) is 0 Å². The molecule has 0 aromatic heterocycles. The molecule has 0 fully saturated rings. The Balaban J connectivity index is 2.82. The van der Waals surface area contributed by atoms with Gasteiger partial charge >= 0.3 is 0 Å². The number of halogens is 1. The number of benzene rings is 1. The van der Waals surface area contributed by atoms with Gasteiger partial charge in [0.25, 0.3) is 5.97 Å². The van der Waals surface area contributed by atoms with E-state index in [9.17, 15) is 9.50 Å². The molecule has 1 aromatic rings. The van der Waals surface area contributed by atoms with Crippen molar-refractivity contribution in [1.82, 2.24) is 0 Å². The Morgan fingerprint density at radius 2 is 1.62 bits per heavy atom. The molecule has 24 heavy (non-hydrogen) atoms. The van der Waals surface area contributed by atoms with Gasteiger partial charge in [-0.1, -0.05) is 57.6 Å². The van der Waals surface area contributed by atoms with E-state index in [1.165, 1.54) is 37.8 Å². The van der Waals surface area contributed by atoms with Crippen LogP contribution in [0.4, 0.5) is 4.39 Å². The molecular formula is C20H33FO3. The van der Waals surface area contributed by atoms with Crippen molar-refractivity contribution in [2.75, 3.05) is 13.2 Å². The van der Waals surface area contributed by atoms with Crippen LogP contribution in [0.15, 0.2) is 24.3 Å². The molecular weight excluding hydrogens is 307 g/mol. The quantitative estimate of drug-likeness (QED) is 0.387. The highest BCUT2D eigenvalue weighted by molar-refractivity contribution is 5.22. The smallest absolute Gasteiger partial charge is 0.287 e. The number of hydrogen-bond donors (Lipinski definition) is 1. The van der Waals surface area contributed by atoms with Gasteiger partial charge in [-0.25, -0.2) is 4.39 Å². The molecule has 1 unspecified atom stereocenters. The van der Waals surface area contributed by atoms with Gasteiger partial charge in [-0.2, -0.15) is 0 Å². The first-order valence-electron chi connectivity index (χ1n) is 9.33. The third-order valence-corrected chi connectivity index (χ3v) is 4.24. The van der Waals surface area contributed by atoms with E-state index in [4.69, 9.17) is 9.47 Å². The summed E-state index contributed by atoms with van der Waals surface area (Å²) in [6, 6.07) is 6.36. The molecule has 0 aliphatic heterocycles. The van der Waals surface area contributed by atoms with E-state index in [1.807, 2.05) is 19.9 Å². The molecule has 0 radical (unpaired) electrons. The predicted octanol–water partition coefficient (Wildman–Crippen LogP) is 5.38. The van der Waals surface area contributed by atoms with Crippen LogP contribution in [0.1, 0.15) is 77.2 Å². The molecule has 138 valence electrons. The minimum Gasteiger partial charge on any atom is -0.343 e. The van der Waals surface area contributed by atoms with Gasteiger partial charge in [0.2, 0.25) is 0 Å². The molecule has 0 aliphatic carbocycles. The topological polar surface area (TPSA) is 38.7 Å². The molecule has 0 heterocycles. The van der Waals surface area contributed by atoms with Crippen LogP contribution in [0.3, 0.4) is 0 Å². The summed E-state index contributed by atoms with van der Waals surface area (Å²) in [6.45, 7) is 6.50. The van der Waals surface area contributed by atoms with Crippen LogP contribution in [0.2, 0.25) is 0 Å². The Bertz CT molecular complexity index is 444. The monoisotopic (exact) mass is 340 g/mol. The van der Waals surface area contributed by atoms with E-state index in [-0.39, 0.29) is 5.82 Å². The van der Waals surface area contributed by atoms with Gasteiger partial charge < -0.3 is 14.6 Å². The molecule has 0 amide bonds. The minimum absolute atomic E-state index is 0.309. The lowest BCUT2D eigenvalue weighted by Gasteiger charge is -2.35. The molecule has 1 rings (SSSR count). The summed E-state index contributed by atoms with van der Waals surface area (Å²) in [5.41, 5.74) is 0.716. The molecule has 1 aromatic carbocycles. The van der Waals surface area contributed by atoms with E-state index in [0.717, 1.165) is 12.8 Å². The van der Waals surface area contributed by atoms with E-state index in [2.05, 4.69) is 6.92 Å². The fourth-order valence-electron chi connectivity index (χ4n) is 3.07. The molecule has 0 saturated heterocycles. The fourth-order valence-corrected chi connectivity index (χ4v) is 3.07. The maximum Gasteiger partial charge on any atom is 0.287 e. The predicted molar refractivity (Wildman–Crippen MR) is 95.3 cm³/mol. The summed E-state index contributed by atoms with van der Waals surface area (Å²) in [4.78, 5) is 0. The summed E-state index contributed by atoms with van der Waals surface area (Å²) in [7, 11) is 0. The zero-order chi connectivity index (χ0) is 17.8. The zero-order valence-electron chi connectivity index (χ0n) is 15.4. The first-order chi connectivity index (χ1) is 11.6. The lowest BCUT2D eigenvalue weighted by molar-refractivity contribution is -0.370. The van der Waals surface area contributed by atoms with Crippen LogP contribution < -0.4 is 0 Å². The second-order valence-electron chi connectivity index (χ2n) is 6.16. The van der Waals surface area contributed by atoms with Gasteiger partial charge in [0.1, 0.15) is 5.82 Å². The number of rotatable bonds is 13. The van der Waals surface area contributed by atoms with Crippen molar-refractivity contribution in [3.63, 3.8) is 0 Å². The zero-order valence-corrected chi connectivity index (χ0v) is 15.4. The molecule has 1 N–H and O–H groups in total. The van der Waals surface area contributed by atoms with Crippen molar-refractivity contribution >= 4 is 0 Å². The van der Waals surface area contributed by atoms with Gasteiger partial charge in [-0.3, -0.25) is 0 Å². The van der Waals surface area contributed by atoms with Crippen molar-refractivity contribution in [1.29, 1.82) is 0 Å². The second kappa shape index (κ2) is 11.6. The van der Waals surface area contributed by atoms with Gasteiger partial charge in [0.05, 0.1) is 5.92 Å². The van der Waals surface area contributed by atoms with Crippen molar-refractivity contribution in [3.05, 3.63) is 35.6 Å². The summed E-state index contributed by atoms with van der Waals surface area (Å²) < 4.78 is 24.7. The SMILES string of the molecule is CCCCCCCCC(c1cccc(F)c1)C(O)(OCC)OCC. The van der Waals surface area contributed by atoms with Crippen LogP contribution in [-0.4, -0.2) is 24.3 Å². The fraction of sp³-hybridized carbons (Fsp3) is 0.700. The van der Waals surface area contributed by atoms with Crippen LogP contribution in [0.5, 0.6) is 0 Å². The van der Waals surface area contributed by atoms with E-state index < -0.39 is 11.9 Å². The number of hydrogen-bond acceptors (Lipinski definition) is 3. The number of aliphatic hydroxyl groups is 1. The van der Waals surface area contributed by atoms with Crippen LogP contribution in [0, 0.1) is 5.82 Å². The maximum absolute atomic E-state index is 13.7. The number of unbranched alkanes of at least 4 members (excludes halogenated alkanes) is 5. The molecule has 0 aliphatic rings. The first-order valence-corrected chi connectivity index (χ1v) is 9.33. The van der Waals surface area contributed by atoms with Crippen LogP contribution in [-0.2, 0) is 9.47 Å². The second-order valence-corrected chi connectivity index (χ2v) is 6.16. The summed E-state index contributed by atoms with van der Waals surface area (Å²) in [5, 5.41) is 10.9. The largest absolute Gasteiger partial charge is 0.343 e. The average molecular weight is 340 g/mol. The molecule has 1 atom stereocenters. The van der Waals surface area contributed by atoms with Crippen molar-refractivity contribution in [3.8, 4) is 0 Å². The van der Waals surface area contributed by atoms with Gasteiger partial charge in [0, 0.05) is 13.2 Å². The molecule has 4 heteroatoms. The first kappa shape index (κ1) is 21.1. The van der Waals surface area contributed by atoms with E-state index >= 15 is 0 Å². The van der Waals surface area contributed by atoms with E-state index in [0.29, 0.717) is 25.2 Å². The Labute approximate surface area is 146 Å². The van der Waals surface area contributed by atoms with Gasteiger partial charge in [-0.15, -0.1) is 0 Å². The lowest BCUT2D eigenvalue weighted by Crippen LogP contribution is -2.42. The number of ether oxygens (including phenoxy) is 2. The highest BCUT2D eigenvalue weighted by Gasteiger charge is 2.39. The molecule has 0 spiro atoms. The highest BCUT2D eigenvalue weighted by Crippen LogP contribution is 2.36. The van der Waals surface area contributed by atoms with Crippen molar-refractivity contribution in [2.45, 2.75) is 77.6 Å². The Kier molecular flexibility index (Phi) is 10.2. The molecule has 3 nitrogen and oxygen atoms in total. The maximum atomic E-state index is 13.7. The Morgan fingerprint density at radius 3 is 2.21 bits per heavy atom. The van der Waals surface area contributed by atoms with Gasteiger partial charge in [0.15, 0.2) is 0 Å². The normalized spacial score (nSPS) is 13.2. The standard InChI is InChI=1S/C20H33FO3/c1-4-7-8-9-10-11-15-19(17-13-12-14-18(21)16-17)20(22,23-5-2)24-6-3/h12-14,16,19,22H,4-11,15H2,1-3H3. The van der Waals surface area contributed by atoms with Crippen molar-refractivity contribution < 1.29 is 19.0 Å². The summed E-state index contributed by atoms with van der Waals surface area (Å²) in [6.07, 6.45) is 7.66. The molecule has 0 bridgehead atoms. The highest BCUT2D eigenvalue weighted by atomic mass is 19.1. The lowest BCUT2D eigenvalue weighted by atomic mass is 9.90. The Morgan fingerprint density at radius 1 is 1.00 bits per heavy atom. The van der Waals surface area contributed by atoms with E-state index in [1.54, 1.807) is 6.07 Å². The van der Waals surface area contributed by atoms with Crippen LogP contribution >= 0.6 is 0 Å². The summed E-state index contributed by atoms with van der Waals surface area (Å²) >= 11 is 0. The minimum atomic E-state index is -1.71. The third kappa shape index (κ3) is 6.88. The van der Waals surface area contributed by atoms with Crippen LogP contribution in [0.25, 0.3) is 0 Å². The Hall–Kier alpha value is -0.970. The third-order valence-electron chi connectivity index (χ3n) is 4.24. The average Bonchev–Trinajstić information content (AvgIpc) is 2.54. The molecule has 0 saturated carbocycles.